The topological polar surface area (TPSA) is 173 Å². The molecule has 0 bridgehead atoms. The second-order valence-electron chi connectivity index (χ2n) is 25.2. The van der Waals surface area contributed by atoms with Crippen LogP contribution in [0, 0.1) is 48.5 Å². The third kappa shape index (κ3) is 36.8. The van der Waals surface area contributed by atoms with Gasteiger partial charge in [-0.15, -0.1) is 0 Å². The lowest BCUT2D eigenvalue weighted by Gasteiger charge is -2.26. The van der Waals surface area contributed by atoms with Crippen LogP contribution in [0.5, 0.6) is 34.5 Å². The molecule has 0 aliphatic carbocycles. The number of carboxylic acid groups (broad SMARTS) is 1. The first-order valence-corrected chi connectivity index (χ1v) is 37.4. The molecule has 1 aliphatic heterocycles. The van der Waals surface area contributed by atoms with Gasteiger partial charge in [0, 0.05) is 39.3 Å². The number of carbonyl (C=O) groups is 2. The van der Waals surface area contributed by atoms with Crippen LogP contribution in [0.1, 0.15) is 102 Å². The number of benzene rings is 7. The Labute approximate surface area is 708 Å². The molecule has 7 aromatic carbocycles. The zero-order chi connectivity index (χ0) is 92.0. The average molecular weight is 1870 g/mol. The van der Waals surface area contributed by atoms with Crippen molar-refractivity contribution in [2.24, 2.45) is 5.73 Å². The molecule has 0 amide bonds. The summed E-state index contributed by atoms with van der Waals surface area (Å²) < 4.78 is 303. The van der Waals surface area contributed by atoms with Crippen LogP contribution in [0.25, 0.3) is 0 Å². The number of carboxylic acids is 1. The number of hydrogen-bond acceptors (Lipinski definition) is 14. The minimum atomic E-state index is -4.55. The van der Waals surface area contributed by atoms with Gasteiger partial charge in [-0.2, -0.15) is 92.2 Å². The van der Waals surface area contributed by atoms with Crippen LogP contribution in [-0.4, -0.2) is 147 Å². The van der Waals surface area contributed by atoms with Gasteiger partial charge in [0.2, 0.25) is 0 Å². The Morgan fingerprint density at radius 1 is 0.442 bits per heavy atom. The molecule has 0 spiro atoms. The lowest BCUT2D eigenvalue weighted by atomic mass is 10.1. The number of halogens is 27. The standard InChI is InChI=1S/C14H17ClF3NO2.C14H19ClF3NO.C11H13ClF3NO.C10H11ClF3NO.C10H8ClF3O3.C10H9F3O2.C9H8ClF3O/c1-10-8-11(14(16,17)18)12(15)9-13(10)21-7-4-19-2-5-20-6-3-19;1-4-19(5-2)6-7-20-13-9-12(15)11(8-10(13)3)14(16,17)18;1-7-5-8(11(13,14)15)9(12)6-10(7)17-4-3-16-2;1-6-4-7(10(12,13)14)8(11)5-9(6)16-3-2-15;1-5-2-6(10(12,13)14)7(11)3-8(5)17-4-9(15)16;1-6-5-7(10(11,12)13)3-4-8(6)9(14)15-2;1-5-3-6(9(11,12)13)7(10)4-8(5)14-2/h8-9H,2-7H2,1H3;8-9H,4-7H2,1-3H3;5-6,16H,3-4H2,1-2H3;4-5H,2-3,15H2,1H3;2-3H,4H2,1H3,(H,15,16);3-5H,1-2H3;3-4H,1-2H3. The molecule has 1 heterocycles. The highest BCUT2D eigenvalue weighted by molar-refractivity contribution is 6.33. The van der Waals surface area contributed by atoms with Crippen LogP contribution >= 0.6 is 69.6 Å². The van der Waals surface area contributed by atoms with Gasteiger partial charge in [-0.3, -0.25) is 4.90 Å². The van der Waals surface area contributed by atoms with Crippen LogP contribution in [-0.2, 0) is 57.5 Å². The molecule has 0 aromatic heterocycles. The Hall–Kier alpha value is -7.65. The number of likely N-dealkylation sites (N-methyl/N-ethyl adjacent to an activating group) is 2. The molecule has 42 heteroatoms. The van der Waals surface area contributed by atoms with Crippen molar-refractivity contribution in [3.05, 3.63) is 205 Å². The summed E-state index contributed by atoms with van der Waals surface area (Å²) in [5, 5.41) is 8.99. The normalized spacial score (nSPS) is 12.5. The van der Waals surface area contributed by atoms with Crippen molar-refractivity contribution in [2.45, 2.75) is 106 Å². The third-order valence-electron chi connectivity index (χ3n) is 16.3. The fourth-order valence-corrected chi connectivity index (χ4v) is 11.5. The lowest BCUT2D eigenvalue weighted by Crippen LogP contribution is -2.38. The van der Waals surface area contributed by atoms with Crippen molar-refractivity contribution in [1.82, 2.24) is 15.1 Å². The molecule has 120 heavy (non-hydrogen) atoms. The minimum Gasteiger partial charge on any atom is -0.496 e. The summed E-state index contributed by atoms with van der Waals surface area (Å²) in [5.41, 5.74) is 1.92. The van der Waals surface area contributed by atoms with Crippen LogP contribution < -0.4 is 39.5 Å². The van der Waals surface area contributed by atoms with E-state index in [9.17, 15) is 102 Å². The van der Waals surface area contributed by atoms with E-state index in [1.165, 1.54) is 66.2 Å². The molecule has 1 saturated heterocycles. The number of alkyl halides is 21. The van der Waals surface area contributed by atoms with Gasteiger partial charge in [-0.05, 0) is 199 Å². The van der Waals surface area contributed by atoms with Crippen molar-refractivity contribution in [3.63, 3.8) is 0 Å². The number of methoxy groups -OCH3 is 2. The van der Waals surface area contributed by atoms with Crippen molar-refractivity contribution >= 4 is 81.5 Å². The Balaban J connectivity index is 0.000000476. The van der Waals surface area contributed by atoms with Crippen molar-refractivity contribution in [1.29, 1.82) is 0 Å². The van der Waals surface area contributed by atoms with Crippen molar-refractivity contribution in [2.75, 3.05) is 120 Å². The highest BCUT2D eigenvalue weighted by Gasteiger charge is 2.39. The van der Waals surface area contributed by atoms with E-state index in [0.717, 1.165) is 99.5 Å². The first-order valence-electron chi connectivity index (χ1n) is 35.1. The molecule has 0 atom stereocenters. The average Bonchev–Trinajstić information content (AvgIpc) is 0.859. The third-order valence-corrected chi connectivity index (χ3v) is 18.1. The fourth-order valence-electron chi connectivity index (χ4n) is 9.96. The van der Waals surface area contributed by atoms with Gasteiger partial charge in [0.15, 0.2) is 6.61 Å². The number of carbonyl (C=O) groups excluding carboxylic acids is 1. The second kappa shape index (κ2) is 49.0. The summed E-state index contributed by atoms with van der Waals surface area (Å²) >= 11 is 33.4. The van der Waals surface area contributed by atoms with Crippen LogP contribution in [0.4, 0.5) is 92.2 Å². The number of aryl methyl sites for hydroxylation is 7. The van der Waals surface area contributed by atoms with E-state index in [1.807, 2.05) is 13.8 Å². The van der Waals surface area contributed by atoms with E-state index in [4.69, 9.17) is 114 Å². The molecule has 7 aromatic rings. The van der Waals surface area contributed by atoms with Crippen LogP contribution in [0.3, 0.4) is 0 Å². The molecular formula is C78H85Cl6F21N4O11. The van der Waals surface area contributed by atoms with Gasteiger partial charge in [0.05, 0.1) is 102 Å². The fraction of sp³-hybridized carbons (Fsp3) is 0.436. The smallest absolute Gasteiger partial charge is 0.417 e. The number of esters is 1. The lowest BCUT2D eigenvalue weighted by molar-refractivity contribution is -0.140. The maximum absolute atomic E-state index is 12.7. The van der Waals surface area contributed by atoms with E-state index in [-0.39, 0.29) is 60.7 Å². The minimum absolute atomic E-state index is 0.0189. The maximum Gasteiger partial charge on any atom is 0.417 e. The molecular weight excluding hydrogens is 1780 g/mol. The Morgan fingerprint density at radius 3 is 1.03 bits per heavy atom. The molecule has 1 fully saturated rings. The van der Waals surface area contributed by atoms with Gasteiger partial charge in [-0.1, -0.05) is 83.5 Å². The second-order valence-corrected chi connectivity index (χ2v) is 27.7. The largest absolute Gasteiger partial charge is 0.496 e. The summed E-state index contributed by atoms with van der Waals surface area (Å²) in [6.07, 6.45) is -31.1. The summed E-state index contributed by atoms with van der Waals surface area (Å²) in [7, 11) is 4.32. The number of nitrogens with one attached hydrogen (secondary N) is 1. The summed E-state index contributed by atoms with van der Waals surface area (Å²) in [4.78, 5) is 25.7. The molecule has 1 aliphatic rings. The number of ether oxygens (including phenoxy) is 8. The predicted molar refractivity (Wildman–Crippen MR) is 414 cm³/mol. The van der Waals surface area contributed by atoms with E-state index in [1.54, 1.807) is 27.8 Å². The number of morpholine rings is 1. The van der Waals surface area contributed by atoms with Crippen LogP contribution in [0.2, 0.25) is 30.1 Å². The Morgan fingerprint density at radius 2 is 0.750 bits per heavy atom. The Kier molecular flexibility index (Phi) is 44.3. The highest BCUT2D eigenvalue weighted by Crippen LogP contribution is 2.44. The summed E-state index contributed by atoms with van der Waals surface area (Å²) in [5.74, 6) is -0.00633. The van der Waals surface area contributed by atoms with Gasteiger partial charge < -0.3 is 59.0 Å². The molecule has 4 N–H and O–H groups in total. The number of nitrogens with two attached hydrogens (primary N) is 1. The van der Waals surface area contributed by atoms with Crippen molar-refractivity contribution < 1.29 is 145 Å². The first kappa shape index (κ1) is 108. The number of hydrogen-bond donors (Lipinski definition) is 3. The monoisotopic (exact) mass is 1860 g/mol. The Bertz CT molecular complexity index is 4430. The number of nitrogens with zero attached hydrogens (tertiary/aromatic N) is 2. The molecule has 0 radical (unpaired) electrons. The SMILES string of the molecule is CCN(CC)CCOc1cc(Cl)c(C(F)(F)F)cc1C.CNCCOc1cc(Cl)c(C(F)(F)F)cc1C.COC(=O)c1ccc(C(F)(F)F)cc1C.COc1cc(Cl)c(C(F)(F)F)cc1C.Cc1cc(C(F)(F)F)c(Cl)cc1OCC(=O)O.Cc1cc(C(F)(F)F)c(Cl)cc1OCCN.Cc1cc(C(F)(F)F)c(Cl)cc1OCCN1CCOCC1. The predicted octanol–water partition coefficient (Wildman–Crippen LogP) is 23.6. The molecule has 15 nitrogen and oxygen atoms in total. The molecule has 8 rings (SSSR count). The van der Waals surface area contributed by atoms with Gasteiger partial charge in [0.1, 0.15) is 60.9 Å². The summed E-state index contributed by atoms with van der Waals surface area (Å²) in [6, 6.07) is 15.7. The molecule has 672 valence electrons. The van der Waals surface area contributed by atoms with Crippen LogP contribution in [0.15, 0.2) is 91.0 Å². The molecule has 0 unspecified atom stereocenters. The van der Waals surface area contributed by atoms with E-state index >= 15 is 0 Å². The van der Waals surface area contributed by atoms with Gasteiger partial charge >= 0.3 is 55.2 Å². The van der Waals surface area contributed by atoms with E-state index < -0.39 is 106 Å². The zero-order valence-electron chi connectivity index (χ0n) is 66.0. The quantitative estimate of drug-likeness (QED) is 0.0332. The van der Waals surface area contributed by atoms with Gasteiger partial charge in [0.25, 0.3) is 0 Å². The molecule has 0 saturated carbocycles. The zero-order valence-corrected chi connectivity index (χ0v) is 70.5. The number of aliphatic carboxylic acids is 1. The van der Waals surface area contributed by atoms with E-state index in [0.29, 0.717) is 103 Å². The highest BCUT2D eigenvalue weighted by atomic mass is 35.5. The maximum atomic E-state index is 12.7. The van der Waals surface area contributed by atoms with Gasteiger partial charge in [-0.25, -0.2) is 9.59 Å². The number of rotatable bonds is 22. The van der Waals surface area contributed by atoms with Crippen molar-refractivity contribution in [3.8, 4) is 34.5 Å². The summed E-state index contributed by atoms with van der Waals surface area (Å²) in [6.45, 7) is 22.7. The first-order chi connectivity index (χ1) is 55.3. The van der Waals surface area contributed by atoms with E-state index in [2.05, 4.69) is 19.9 Å².